The van der Waals surface area contributed by atoms with Crippen LogP contribution in [0.4, 0.5) is 10.1 Å². The largest absolute Gasteiger partial charge is 0.396 e. The van der Waals surface area contributed by atoms with Gasteiger partial charge in [0.2, 0.25) is 0 Å². The molecule has 3 N–H and O–H groups in total. The molecule has 1 aliphatic rings. The lowest BCUT2D eigenvalue weighted by atomic mass is 9.92. The van der Waals surface area contributed by atoms with Gasteiger partial charge in [0.05, 0.1) is 6.20 Å². The van der Waals surface area contributed by atoms with E-state index < -0.39 is 0 Å². The zero-order valence-electron chi connectivity index (χ0n) is 8.72. The fraction of sp³-hybridized carbons (Fsp3) is 0.700. The van der Waals surface area contributed by atoms with E-state index in [-0.39, 0.29) is 6.61 Å². The number of aliphatic hydroxyl groups is 1. The number of hydrogen-bond donors (Lipinski definition) is 2. The monoisotopic (exact) mass is 227 g/mol. The quantitative estimate of drug-likeness (QED) is 0.799. The van der Waals surface area contributed by atoms with E-state index in [1.807, 2.05) is 0 Å². The molecule has 1 aromatic rings. The van der Waals surface area contributed by atoms with Crippen LogP contribution in [0, 0.1) is 0 Å². The molecular formula is C10H17N3OS. The first-order valence-electron chi connectivity index (χ1n) is 5.40. The van der Waals surface area contributed by atoms with Crippen molar-refractivity contribution >= 4 is 21.5 Å². The summed E-state index contributed by atoms with van der Waals surface area (Å²) in [6.45, 7) is 1.12. The first kappa shape index (κ1) is 10.7. The maximum atomic E-state index is 8.87. The highest BCUT2D eigenvalue weighted by Crippen LogP contribution is 2.32. The lowest BCUT2D eigenvalue weighted by molar-refractivity contribution is 0.283. The maximum absolute atomic E-state index is 8.87. The molecule has 1 fully saturated rings. The summed E-state index contributed by atoms with van der Waals surface area (Å²) in [5.41, 5.74) is 5.68. The maximum Gasteiger partial charge on any atom is 0.187 e. The average molecular weight is 227 g/mol. The molecule has 0 saturated heterocycles. The zero-order valence-corrected chi connectivity index (χ0v) is 9.54. The Kier molecular flexibility index (Phi) is 3.43. The number of rotatable bonds is 5. The van der Waals surface area contributed by atoms with Crippen LogP contribution in [-0.2, 0) is 0 Å². The molecule has 0 radical (unpaired) electrons. The summed E-state index contributed by atoms with van der Waals surface area (Å²) in [6.07, 6.45) is 6.30. The van der Waals surface area contributed by atoms with Gasteiger partial charge in [-0.1, -0.05) is 11.3 Å². The second-order valence-electron chi connectivity index (χ2n) is 3.90. The molecule has 15 heavy (non-hydrogen) atoms. The molecule has 1 heterocycles. The number of thiazole rings is 1. The minimum Gasteiger partial charge on any atom is -0.396 e. The summed E-state index contributed by atoms with van der Waals surface area (Å²) in [4.78, 5) is 6.60. The molecular weight excluding hydrogens is 210 g/mol. The van der Waals surface area contributed by atoms with Crippen molar-refractivity contribution in [3.05, 3.63) is 6.20 Å². The van der Waals surface area contributed by atoms with E-state index in [2.05, 4.69) is 9.88 Å². The number of nitrogens with zero attached hydrogens (tertiary/aromatic N) is 2. The second kappa shape index (κ2) is 4.81. The van der Waals surface area contributed by atoms with Crippen molar-refractivity contribution in [2.45, 2.75) is 31.7 Å². The second-order valence-corrected chi connectivity index (χ2v) is 4.94. The third kappa shape index (κ3) is 2.41. The van der Waals surface area contributed by atoms with Gasteiger partial charge >= 0.3 is 0 Å². The van der Waals surface area contributed by atoms with Crippen molar-refractivity contribution in [3.8, 4) is 0 Å². The topological polar surface area (TPSA) is 62.4 Å². The zero-order chi connectivity index (χ0) is 10.7. The molecule has 0 aliphatic heterocycles. The Morgan fingerprint density at radius 2 is 2.40 bits per heavy atom. The van der Waals surface area contributed by atoms with Crippen LogP contribution in [0.1, 0.15) is 25.7 Å². The highest BCUT2D eigenvalue weighted by atomic mass is 32.1. The molecule has 5 heteroatoms. The molecule has 1 aromatic heterocycles. The van der Waals surface area contributed by atoms with Crippen molar-refractivity contribution in [2.24, 2.45) is 0 Å². The van der Waals surface area contributed by atoms with Gasteiger partial charge in [0, 0.05) is 19.2 Å². The predicted octanol–water partition coefficient (Wildman–Crippen LogP) is 1.47. The van der Waals surface area contributed by atoms with E-state index in [0.717, 1.165) is 23.1 Å². The number of aliphatic hydroxyl groups excluding tert-OH is 1. The SMILES string of the molecule is Nc1cnc(N(CCCO)C2CCC2)s1. The predicted molar refractivity (Wildman–Crippen MR) is 63.2 cm³/mol. The molecule has 0 unspecified atom stereocenters. The molecule has 84 valence electrons. The van der Waals surface area contributed by atoms with Gasteiger partial charge in [0.1, 0.15) is 5.00 Å². The van der Waals surface area contributed by atoms with Gasteiger partial charge in [0.25, 0.3) is 0 Å². The molecule has 0 amide bonds. The molecule has 0 aromatic carbocycles. The normalized spacial score (nSPS) is 16.3. The Hall–Kier alpha value is -0.810. The van der Waals surface area contributed by atoms with Crippen LogP contribution in [0.15, 0.2) is 6.20 Å². The lowest BCUT2D eigenvalue weighted by Gasteiger charge is -2.37. The molecule has 0 bridgehead atoms. The van der Waals surface area contributed by atoms with Crippen molar-refractivity contribution in [2.75, 3.05) is 23.8 Å². The Morgan fingerprint density at radius 1 is 1.60 bits per heavy atom. The third-order valence-corrected chi connectivity index (χ3v) is 3.69. The number of anilines is 2. The van der Waals surface area contributed by atoms with E-state index in [1.54, 1.807) is 6.20 Å². The lowest BCUT2D eigenvalue weighted by Crippen LogP contribution is -2.41. The number of hydrogen-bond acceptors (Lipinski definition) is 5. The van der Waals surface area contributed by atoms with E-state index in [9.17, 15) is 0 Å². The summed E-state index contributed by atoms with van der Waals surface area (Å²) in [7, 11) is 0. The molecule has 1 aliphatic carbocycles. The van der Waals surface area contributed by atoms with E-state index in [0.29, 0.717) is 6.04 Å². The van der Waals surface area contributed by atoms with Gasteiger partial charge in [-0.3, -0.25) is 0 Å². The highest BCUT2D eigenvalue weighted by Gasteiger charge is 2.26. The fourth-order valence-electron chi connectivity index (χ4n) is 1.78. The molecule has 4 nitrogen and oxygen atoms in total. The molecule has 0 atom stereocenters. The number of aromatic nitrogens is 1. The fourth-order valence-corrected chi connectivity index (χ4v) is 2.56. The summed E-state index contributed by atoms with van der Waals surface area (Å²) in [5.74, 6) is 0. The van der Waals surface area contributed by atoms with Gasteiger partial charge in [-0.05, 0) is 25.7 Å². The number of nitrogen functional groups attached to an aromatic ring is 1. The molecule has 1 saturated carbocycles. The van der Waals surface area contributed by atoms with Gasteiger partial charge in [-0.15, -0.1) is 0 Å². The van der Waals surface area contributed by atoms with Crippen LogP contribution in [-0.4, -0.2) is 29.3 Å². The van der Waals surface area contributed by atoms with Gasteiger partial charge in [-0.2, -0.15) is 0 Å². The summed E-state index contributed by atoms with van der Waals surface area (Å²) in [6, 6.07) is 0.613. The van der Waals surface area contributed by atoms with Crippen LogP contribution in [0.3, 0.4) is 0 Å². The average Bonchev–Trinajstić information content (AvgIpc) is 2.56. The highest BCUT2D eigenvalue weighted by molar-refractivity contribution is 7.19. The van der Waals surface area contributed by atoms with E-state index >= 15 is 0 Å². The van der Waals surface area contributed by atoms with Crippen LogP contribution in [0.2, 0.25) is 0 Å². The van der Waals surface area contributed by atoms with Crippen LogP contribution in [0.25, 0.3) is 0 Å². The third-order valence-electron chi connectivity index (χ3n) is 2.83. The Balaban J connectivity index is 2.03. The van der Waals surface area contributed by atoms with Crippen molar-refractivity contribution < 1.29 is 5.11 Å². The smallest absolute Gasteiger partial charge is 0.187 e. The summed E-state index contributed by atoms with van der Waals surface area (Å²) >= 11 is 1.53. The Labute approximate surface area is 93.7 Å². The van der Waals surface area contributed by atoms with Crippen molar-refractivity contribution in [1.82, 2.24) is 4.98 Å². The van der Waals surface area contributed by atoms with Gasteiger partial charge < -0.3 is 15.7 Å². The summed E-state index contributed by atoms with van der Waals surface area (Å²) in [5, 5.41) is 10.6. The Bertz CT molecular complexity index is 311. The van der Waals surface area contributed by atoms with Crippen LogP contribution < -0.4 is 10.6 Å². The summed E-state index contributed by atoms with van der Waals surface area (Å²) < 4.78 is 0. The van der Waals surface area contributed by atoms with Gasteiger partial charge in [-0.25, -0.2) is 4.98 Å². The molecule has 2 rings (SSSR count). The van der Waals surface area contributed by atoms with Crippen molar-refractivity contribution in [3.63, 3.8) is 0 Å². The van der Waals surface area contributed by atoms with Crippen LogP contribution >= 0.6 is 11.3 Å². The standard InChI is InChI=1S/C10H17N3OS/c11-9-7-12-10(15-9)13(5-2-6-14)8-3-1-4-8/h7-8,14H,1-6,11H2. The minimum atomic E-state index is 0.240. The first-order valence-corrected chi connectivity index (χ1v) is 6.21. The van der Waals surface area contributed by atoms with Gasteiger partial charge in [0.15, 0.2) is 5.13 Å². The molecule has 0 spiro atoms. The first-order chi connectivity index (χ1) is 7.31. The van der Waals surface area contributed by atoms with Crippen LogP contribution in [0.5, 0.6) is 0 Å². The minimum absolute atomic E-state index is 0.240. The Morgan fingerprint density at radius 3 is 2.87 bits per heavy atom. The van der Waals surface area contributed by atoms with E-state index in [4.69, 9.17) is 10.8 Å². The van der Waals surface area contributed by atoms with E-state index in [1.165, 1.54) is 30.6 Å². The number of nitrogens with two attached hydrogens (primary N) is 1. The van der Waals surface area contributed by atoms with Crippen molar-refractivity contribution in [1.29, 1.82) is 0 Å².